The van der Waals surface area contributed by atoms with Gasteiger partial charge in [0.1, 0.15) is 0 Å². The van der Waals surface area contributed by atoms with Crippen LogP contribution >= 0.6 is 0 Å². The van der Waals surface area contributed by atoms with Gasteiger partial charge in [0.2, 0.25) is 5.91 Å². The third-order valence-corrected chi connectivity index (χ3v) is 12.7. The third kappa shape index (κ3) is 49.4. The van der Waals surface area contributed by atoms with Gasteiger partial charge in [0, 0.05) is 12.8 Å². The van der Waals surface area contributed by atoms with Crippen LogP contribution in [0.2, 0.25) is 0 Å². The van der Waals surface area contributed by atoms with E-state index in [1.165, 1.54) is 180 Å². The number of amides is 1. The predicted octanol–water partition coefficient (Wildman–Crippen LogP) is 16.9. The molecule has 0 saturated heterocycles. The fraction of sp³-hybridized carbons (Fsp3) is 0.860. The number of aliphatic hydroxyl groups is 2. The van der Waals surface area contributed by atoms with Crippen LogP contribution < -0.4 is 5.32 Å². The van der Waals surface area contributed by atoms with Crippen molar-refractivity contribution in [2.24, 2.45) is 0 Å². The average Bonchev–Trinajstić information content (AvgIpc) is 3.28. The molecule has 6 nitrogen and oxygen atoms in total. The van der Waals surface area contributed by atoms with E-state index < -0.39 is 12.1 Å². The Hall–Kier alpha value is -1.92. The second-order valence-corrected chi connectivity index (χ2v) is 18.9. The van der Waals surface area contributed by atoms with Crippen molar-refractivity contribution in [2.45, 2.75) is 302 Å². The summed E-state index contributed by atoms with van der Waals surface area (Å²) < 4.78 is 5.44. The lowest BCUT2D eigenvalue weighted by Gasteiger charge is -2.22. The van der Waals surface area contributed by atoms with E-state index in [9.17, 15) is 19.8 Å². The molecule has 3 N–H and O–H groups in total. The molecule has 0 aromatic heterocycles. The Labute approximate surface area is 392 Å². The fourth-order valence-corrected chi connectivity index (χ4v) is 8.39. The highest BCUT2D eigenvalue weighted by Crippen LogP contribution is 2.16. The minimum absolute atomic E-state index is 0.0303. The van der Waals surface area contributed by atoms with Gasteiger partial charge in [-0.1, -0.05) is 230 Å². The maximum Gasteiger partial charge on any atom is 0.305 e. The molecule has 0 saturated carbocycles. The normalized spacial score (nSPS) is 12.9. The molecule has 63 heavy (non-hydrogen) atoms. The molecule has 0 radical (unpaired) electrons. The molecule has 370 valence electrons. The van der Waals surface area contributed by atoms with Crippen LogP contribution in [0.25, 0.3) is 0 Å². The van der Waals surface area contributed by atoms with Crippen LogP contribution in [0.5, 0.6) is 0 Å². The van der Waals surface area contributed by atoms with Gasteiger partial charge < -0.3 is 20.3 Å². The Morgan fingerprint density at radius 3 is 1.22 bits per heavy atom. The largest absolute Gasteiger partial charge is 0.466 e. The quantitative estimate of drug-likeness (QED) is 0.0245. The molecule has 2 atom stereocenters. The van der Waals surface area contributed by atoms with Crippen molar-refractivity contribution >= 4 is 11.9 Å². The van der Waals surface area contributed by atoms with Crippen LogP contribution in [0.15, 0.2) is 36.5 Å². The van der Waals surface area contributed by atoms with Crippen LogP contribution in [0.1, 0.15) is 290 Å². The van der Waals surface area contributed by atoms with Crippen molar-refractivity contribution in [1.29, 1.82) is 0 Å². The van der Waals surface area contributed by atoms with Gasteiger partial charge in [-0.2, -0.15) is 0 Å². The van der Waals surface area contributed by atoms with Crippen molar-refractivity contribution < 1.29 is 24.5 Å². The Kier molecular flexibility index (Phi) is 51.1. The zero-order valence-electron chi connectivity index (χ0n) is 42.1. The number of ether oxygens (including phenoxy) is 1. The first kappa shape index (κ1) is 61.1. The topological polar surface area (TPSA) is 95.9 Å². The summed E-state index contributed by atoms with van der Waals surface area (Å²) in [5.41, 5.74) is 0. The Balaban J connectivity index is 3.53. The summed E-state index contributed by atoms with van der Waals surface area (Å²) in [5.74, 6) is -0.0871. The Morgan fingerprint density at radius 1 is 0.444 bits per heavy atom. The molecule has 0 rings (SSSR count). The highest BCUT2D eigenvalue weighted by atomic mass is 16.5. The van der Waals surface area contributed by atoms with Gasteiger partial charge in [-0.05, 0) is 83.5 Å². The fourth-order valence-electron chi connectivity index (χ4n) is 8.39. The number of unbranched alkanes of at least 4 members (excludes halogenated alkanes) is 35. The molecule has 6 heteroatoms. The lowest BCUT2D eigenvalue weighted by atomic mass is 10.0. The van der Waals surface area contributed by atoms with E-state index in [2.05, 4.69) is 55.6 Å². The zero-order chi connectivity index (χ0) is 45.8. The molecule has 0 aliphatic carbocycles. The lowest BCUT2D eigenvalue weighted by molar-refractivity contribution is -0.143. The van der Waals surface area contributed by atoms with E-state index in [0.29, 0.717) is 25.9 Å². The van der Waals surface area contributed by atoms with E-state index in [0.717, 1.165) is 77.0 Å². The van der Waals surface area contributed by atoms with Crippen molar-refractivity contribution in [3.8, 4) is 0 Å². The number of hydrogen-bond donors (Lipinski definition) is 3. The number of carbonyl (C=O) groups is 2. The van der Waals surface area contributed by atoms with Crippen molar-refractivity contribution in [3.05, 3.63) is 36.5 Å². The summed E-state index contributed by atoms with van der Waals surface area (Å²) in [7, 11) is 0. The van der Waals surface area contributed by atoms with Gasteiger partial charge in [-0.3, -0.25) is 9.59 Å². The summed E-state index contributed by atoms with van der Waals surface area (Å²) in [6, 6.07) is -0.559. The Bertz CT molecular complexity index is 1020. The van der Waals surface area contributed by atoms with Gasteiger partial charge >= 0.3 is 5.97 Å². The van der Waals surface area contributed by atoms with Crippen LogP contribution in [0, 0.1) is 0 Å². The third-order valence-electron chi connectivity index (χ3n) is 12.7. The summed E-state index contributed by atoms with van der Waals surface area (Å²) in [6.07, 6.45) is 64.1. The molecule has 2 unspecified atom stereocenters. The molecule has 0 spiro atoms. The van der Waals surface area contributed by atoms with Crippen LogP contribution in [0.4, 0.5) is 0 Å². The van der Waals surface area contributed by atoms with Crippen molar-refractivity contribution in [3.63, 3.8) is 0 Å². The van der Waals surface area contributed by atoms with E-state index >= 15 is 0 Å². The monoisotopic (exact) mass is 886 g/mol. The molecule has 0 aliphatic rings. The maximum atomic E-state index is 12.5. The van der Waals surface area contributed by atoms with Crippen molar-refractivity contribution in [1.82, 2.24) is 5.32 Å². The first-order chi connectivity index (χ1) is 31.0. The smallest absolute Gasteiger partial charge is 0.305 e. The highest BCUT2D eigenvalue weighted by molar-refractivity contribution is 5.76. The van der Waals surface area contributed by atoms with E-state index in [1.807, 2.05) is 0 Å². The number of hydrogen-bond acceptors (Lipinski definition) is 5. The molecule has 1 amide bonds. The highest BCUT2D eigenvalue weighted by Gasteiger charge is 2.20. The molecule has 0 bridgehead atoms. The van der Waals surface area contributed by atoms with Gasteiger partial charge in [0.15, 0.2) is 0 Å². The van der Waals surface area contributed by atoms with E-state index in [4.69, 9.17) is 4.74 Å². The minimum atomic E-state index is -0.679. The van der Waals surface area contributed by atoms with Crippen LogP contribution in [0.3, 0.4) is 0 Å². The van der Waals surface area contributed by atoms with E-state index in [-0.39, 0.29) is 18.5 Å². The molecule has 0 aliphatic heterocycles. The molecule has 0 heterocycles. The van der Waals surface area contributed by atoms with Crippen LogP contribution in [-0.2, 0) is 14.3 Å². The number of allylic oxidation sites excluding steroid dienone is 6. The first-order valence-corrected chi connectivity index (χ1v) is 27.8. The van der Waals surface area contributed by atoms with E-state index in [1.54, 1.807) is 0 Å². The second-order valence-electron chi connectivity index (χ2n) is 18.9. The molecule has 0 aromatic carbocycles. The number of aliphatic hydroxyl groups excluding tert-OH is 2. The summed E-state index contributed by atoms with van der Waals surface area (Å²) in [6.45, 7) is 4.89. The summed E-state index contributed by atoms with van der Waals surface area (Å²) in [5, 5.41) is 23.3. The molecular weight excluding hydrogens is 779 g/mol. The van der Waals surface area contributed by atoms with Gasteiger partial charge in [-0.25, -0.2) is 0 Å². The summed E-state index contributed by atoms with van der Waals surface area (Å²) in [4.78, 5) is 24.5. The first-order valence-electron chi connectivity index (χ1n) is 27.8. The molecular formula is C57H107NO5. The number of rotatable bonds is 51. The Morgan fingerprint density at radius 2 is 0.794 bits per heavy atom. The van der Waals surface area contributed by atoms with Gasteiger partial charge in [0.25, 0.3) is 0 Å². The standard InChI is InChI=1S/C57H107NO5/c1-3-5-7-9-11-13-15-17-19-20-22-25-29-33-37-41-45-49-55(60)54(53-59)58-56(61)50-46-42-38-34-30-26-23-21-24-28-32-36-40-44-48-52-63-57(62)51-47-43-39-35-31-27-18-16-14-12-10-8-6-4-2/h16,18,21,24,28,32,54-55,59-60H,3-15,17,19-20,22-23,25-27,29-31,33-53H2,1-2H3,(H,58,61)/b18-16-,24-21-,32-28-. The SMILES string of the molecule is CCCCCCC/C=C\CCCCCCCC(=O)OCCCCC/C=C\C=C/CCCCCCCCC(=O)NC(CO)C(O)CCCCCCCCCCCCCCCCCCC. The molecule has 0 aromatic rings. The van der Waals surface area contributed by atoms with Gasteiger partial charge in [0.05, 0.1) is 25.4 Å². The number of nitrogens with one attached hydrogen (secondary N) is 1. The maximum absolute atomic E-state index is 12.5. The summed E-state index contributed by atoms with van der Waals surface area (Å²) >= 11 is 0. The average molecular weight is 886 g/mol. The minimum Gasteiger partial charge on any atom is -0.466 e. The zero-order valence-corrected chi connectivity index (χ0v) is 42.1. The van der Waals surface area contributed by atoms with Crippen molar-refractivity contribution in [2.75, 3.05) is 13.2 Å². The molecule has 0 fully saturated rings. The van der Waals surface area contributed by atoms with Crippen LogP contribution in [-0.4, -0.2) is 47.4 Å². The number of carbonyl (C=O) groups excluding carboxylic acids is 2. The predicted molar refractivity (Wildman–Crippen MR) is 273 cm³/mol. The second kappa shape index (κ2) is 52.7. The van der Waals surface area contributed by atoms with Gasteiger partial charge in [-0.15, -0.1) is 0 Å². The lowest BCUT2D eigenvalue weighted by Crippen LogP contribution is -2.45. The number of esters is 1.